The summed E-state index contributed by atoms with van der Waals surface area (Å²) in [7, 11) is 0. The van der Waals surface area contributed by atoms with Gasteiger partial charge in [-0.2, -0.15) is 14.6 Å². The van der Waals surface area contributed by atoms with Crippen molar-refractivity contribution in [2.24, 2.45) is 25.2 Å². The minimum absolute atomic E-state index is 0.778. The molecule has 0 spiro atoms. The minimum atomic E-state index is 0.778. The number of fused-ring (bicyclic) bond motifs is 8. The maximum absolute atomic E-state index is 5.12. The fourth-order valence-electron chi connectivity index (χ4n) is 8.03. The molecule has 20 rings (SSSR count). The summed E-state index contributed by atoms with van der Waals surface area (Å²) in [6.07, 6.45) is 26.6. The summed E-state index contributed by atoms with van der Waals surface area (Å²) in [5, 5.41) is 29.4. The summed E-state index contributed by atoms with van der Waals surface area (Å²) in [4.78, 5) is 19.7. The molecule has 0 bridgehead atoms. The lowest BCUT2D eigenvalue weighted by Crippen LogP contribution is -1.76. The zero-order valence-corrected chi connectivity index (χ0v) is 76.6. The van der Waals surface area contributed by atoms with Crippen LogP contribution in [0.3, 0.4) is 0 Å². The number of hydrogen-bond acceptors (Lipinski definition) is 21. The molecule has 116 heavy (non-hydrogen) atoms. The van der Waals surface area contributed by atoms with Gasteiger partial charge in [-0.3, -0.25) is 9.98 Å². The summed E-state index contributed by atoms with van der Waals surface area (Å²) in [6, 6.07) is 68.9. The number of thiophene rings is 1. The molecule has 8 aromatic carbocycles. The Balaban J connectivity index is -0.000000579. The highest BCUT2D eigenvalue weighted by Crippen LogP contribution is 2.23. The molecular weight excluding hydrogens is 1520 g/mol. The first-order valence-corrected chi connectivity index (χ1v) is 43.9. The maximum atomic E-state index is 5.12. The second-order valence-electron chi connectivity index (χ2n) is 18.5. The predicted molar refractivity (Wildman–Crippen MR) is 514 cm³/mol. The van der Waals surface area contributed by atoms with Crippen LogP contribution in [0.2, 0.25) is 0 Å². The van der Waals surface area contributed by atoms with Crippen molar-refractivity contribution in [3.8, 4) is 0 Å². The fourth-order valence-corrected chi connectivity index (χ4v) is 10.4. The van der Waals surface area contributed by atoms with Crippen LogP contribution < -0.4 is 0 Å². The van der Waals surface area contributed by atoms with Crippen LogP contribution in [-0.2, 0) is 12.8 Å². The quantitative estimate of drug-likeness (QED) is 0.138. The zero-order chi connectivity index (χ0) is 87.0. The number of aliphatic imine (C=N–C) groups is 3. The summed E-state index contributed by atoms with van der Waals surface area (Å²) in [5.41, 5.74) is 11.8. The van der Waals surface area contributed by atoms with Gasteiger partial charge in [-0.15, -0.1) is 32.9 Å². The molecule has 8 aromatic heterocycles. The van der Waals surface area contributed by atoms with Gasteiger partial charge in [0.15, 0.2) is 17.6 Å². The van der Waals surface area contributed by atoms with Crippen molar-refractivity contribution in [1.82, 2.24) is 39.5 Å². The van der Waals surface area contributed by atoms with E-state index in [0.717, 1.165) is 70.2 Å². The van der Waals surface area contributed by atoms with E-state index in [4.69, 9.17) is 13.4 Å². The average Bonchev–Trinajstić information content (AvgIpc) is 1.81. The van der Waals surface area contributed by atoms with Crippen LogP contribution in [-0.4, -0.2) is 71.3 Å². The van der Waals surface area contributed by atoms with E-state index in [1.165, 1.54) is 83.5 Å². The monoisotopic (exact) mass is 1650 g/mol. The largest absolute Gasteiger partial charge is 0.464 e. The number of thiazole rings is 1. The van der Waals surface area contributed by atoms with Crippen LogP contribution in [0.1, 0.15) is 183 Å². The molecule has 16 aromatic rings. The van der Waals surface area contributed by atoms with Crippen molar-refractivity contribution in [2.75, 3.05) is 13.1 Å². The van der Waals surface area contributed by atoms with Crippen LogP contribution in [0.5, 0.6) is 0 Å². The number of furan rings is 1. The minimum Gasteiger partial charge on any atom is -0.464 e. The first-order chi connectivity index (χ1) is 57.7. The number of benzene rings is 8. The average molecular weight is 1650 g/mol. The molecule has 624 valence electrons. The van der Waals surface area contributed by atoms with Crippen molar-refractivity contribution in [3.63, 3.8) is 0 Å². The number of hydrogen-bond donors (Lipinski definition) is 0. The van der Waals surface area contributed by atoms with Gasteiger partial charge in [0.2, 0.25) is 0 Å². The third kappa shape index (κ3) is 50.8. The summed E-state index contributed by atoms with van der Waals surface area (Å²) in [5.74, 6) is 0. The molecule has 0 saturated carbocycles. The molecule has 0 radical (unpaired) electrons. The van der Waals surface area contributed by atoms with Crippen LogP contribution in [0.4, 0.5) is 5.69 Å². The number of azo groups is 1. The van der Waals surface area contributed by atoms with E-state index < -0.39 is 0 Å². The highest BCUT2D eigenvalue weighted by atomic mass is 32.1. The van der Waals surface area contributed by atoms with Gasteiger partial charge in [0.05, 0.1) is 64.1 Å². The molecule has 0 saturated heterocycles. The maximum Gasteiger partial charge on any atom is 0.181 e. The third-order valence-electron chi connectivity index (χ3n) is 12.4. The molecule has 0 atom stereocenters. The first-order valence-electron chi connectivity index (χ1n) is 40.5. The van der Waals surface area contributed by atoms with E-state index in [0.29, 0.717) is 0 Å². The lowest BCUT2D eigenvalue weighted by Gasteiger charge is -1.93. The Kier molecular flexibility index (Phi) is 82.5. The van der Waals surface area contributed by atoms with Gasteiger partial charge in [0.1, 0.15) is 23.7 Å². The van der Waals surface area contributed by atoms with E-state index in [2.05, 4.69) is 166 Å². The Morgan fingerprint density at radius 1 is 0.405 bits per heavy atom. The Morgan fingerprint density at radius 3 is 1.50 bits per heavy atom. The van der Waals surface area contributed by atoms with Crippen molar-refractivity contribution < 1.29 is 17.9 Å². The van der Waals surface area contributed by atoms with E-state index in [-0.39, 0.29) is 0 Å². The van der Waals surface area contributed by atoms with Crippen molar-refractivity contribution in [3.05, 3.63) is 301 Å². The SMILES string of the molecule is C1=CN=NC1.C1=Cc2ccccc2C1.C1=NC=NC1.C1=Nc2ccccc2C1.CC.CC.CC.CC.CC.CC.CC.CC.CC.CC.CC.CC.c1ccc2occc2c1.c1ccc2ocnc2c1.c1ccc2oncc2c1.c1ccc2sccc2c1.c1ccc2scnc2c1.c1ccc2sncc2c1.c1conn1.c1csnn1. The Labute approximate surface area is 710 Å². The summed E-state index contributed by atoms with van der Waals surface area (Å²) in [6.45, 7) is 49.6. The van der Waals surface area contributed by atoms with E-state index in [9.17, 15) is 0 Å². The van der Waals surface area contributed by atoms with Gasteiger partial charge >= 0.3 is 0 Å². The predicted octanol–water partition coefficient (Wildman–Crippen LogP) is 31.8. The lowest BCUT2D eigenvalue weighted by atomic mass is 10.1. The fraction of sp³-hybridized carbons (Fsp3) is 0.295. The number of para-hydroxylation sites is 6. The number of rotatable bonds is 0. The zero-order valence-electron chi connectivity index (χ0n) is 73.4. The van der Waals surface area contributed by atoms with Gasteiger partial charge in [0, 0.05) is 62.8 Å². The molecule has 21 heteroatoms. The molecule has 4 aliphatic rings. The Bertz CT molecular complexity index is 3950. The molecular formula is C95H131N13O4S4. The van der Waals surface area contributed by atoms with Crippen molar-refractivity contribution in [1.29, 1.82) is 0 Å². The molecule has 1 aliphatic carbocycles. The lowest BCUT2D eigenvalue weighted by molar-refractivity contribution is 0.393. The van der Waals surface area contributed by atoms with Crippen LogP contribution in [0.15, 0.2) is 328 Å². The van der Waals surface area contributed by atoms with E-state index in [1.54, 1.807) is 60.1 Å². The Hall–Kier alpha value is -11.2. The van der Waals surface area contributed by atoms with Gasteiger partial charge in [-0.1, -0.05) is 321 Å². The van der Waals surface area contributed by atoms with Crippen LogP contribution in [0, 0.1) is 0 Å². The highest BCUT2D eigenvalue weighted by Gasteiger charge is 2.03. The molecule has 17 nitrogen and oxygen atoms in total. The second-order valence-corrected chi connectivity index (χ2v) is 21.9. The van der Waals surface area contributed by atoms with Gasteiger partial charge in [-0.25, -0.2) is 15.0 Å². The third-order valence-corrected chi connectivity index (χ3v) is 15.3. The van der Waals surface area contributed by atoms with Crippen molar-refractivity contribution in [2.45, 2.75) is 179 Å². The normalized spacial score (nSPS) is 9.72. The number of allylic oxidation sites excluding steroid dienone is 1. The standard InChI is InChI=1S/C9H8.C8H7N.C8H6O.C8H6S.2C7H5NO.2C7H5NS.2C3H4N2.C2H2N2O.C2H2N2S.12C2H6/c1-2-5-9-7-3-6-8(9)4-1;3*1-2-4-8-7(3-1)5-6-9-8;1-2-4-7-6(3-1)8-5-9-7;1-2-4-7-6(3-1)5-8-9-7;1-2-4-7-6(3-1)8-5-9-7;1-2-4-7-6(3-1)5-8-9-7;1-2-5-3-4-1;1-2-4-5-3-1;2*1-2-5-4-3-1;12*1-2/h1-6H,7H2;1-4,6H,5H2;2*1-6H;4*1-5H;1,3H,2H2;1-2H,3H2;2*1-2H;12*1-2H3. The molecule has 11 heterocycles. The highest BCUT2D eigenvalue weighted by molar-refractivity contribution is 7.17. The van der Waals surface area contributed by atoms with Crippen LogP contribution in [0.25, 0.3) is 69.5 Å². The van der Waals surface area contributed by atoms with Gasteiger partial charge in [-0.05, 0) is 136 Å². The molecule has 0 fully saturated rings. The molecule has 3 aliphatic heterocycles. The van der Waals surface area contributed by atoms with Crippen LogP contribution >= 0.6 is 45.7 Å². The number of aromatic nitrogens is 8. The first kappa shape index (κ1) is 111. The van der Waals surface area contributed by atoms with E-state index >= 15 is 0 Å². The molecule has 0 unspecified atom stereocenters. The van der Waals surface area contributed by atoms with Gasteiger partial charge in [0.25, 0.3) is 0 Å². The van der Waals surface area contributed by atoms with Crippen molar-refractivity contribution >= 4 is 140 Å². The Morgan fingerprint density at radius 2 is 0.991 bits per heavy atom. The topological polar surface area (TPSA) is 217 Å². The molecule has 0 N–H and O–H groups in total. The second kappa shape index (κ2) is 86.2. The summed E-state index contributed by atoms with van der Waals surface area (Å²) >= 11 is 6.35. The molecule has 0 amide bonds. The van der Waals surface area contributed by atoms with Gasteiger partial charge < -0.3 is 17.9 Å². The number of oxazole rings is 1. The number of nitrogens with zero attached hydrogens (tertiary/aromatic N) is 13. The summed E-state index contributed by atoms with van der Waals surface area (Å²) < 4.78 is 30.7. The van der Waals surface area contributed by atoms with E-state index in [1.807, 2.05) is 323 Å². The smallest absolute Gasteiger partial charge is 0.181 e.